The molecule has 3 aliphatic rings. The summed E-state index contributed by atoms with van der Waals surface area (Å²) < 4.78 is 33.2. The molecule has 132 valence electrons. The number of ether oxygens (including phenoxy) is 1. The van der Waals surface area contributed by atoms with Crippen molar-refractivity contribution in [2.75, 3.05) is 26.2 Å². The molecule has 24 heavy (non-hydrogen) atoms. The van der Waals surface area contributed by atoms with Crippen LogP contribution in [0.5, 0.6) is 0 Å². The summed E-state index contributed by atoms with van der Waals surface area (Å²) in [4.78, 5) is 6.57. The highest BCUT2D eigenvalue weighted by Gasteiger charge is 2.46. The van der Waals surface area contributed by atoms with Gasteiger partial charge in [0.15, 0.2) is 0 Å². The Hall–Kier alpha value is -1.02. The fraction of sp³-hybridized carbons (Fsp3) is 0.706. The summed E-state index contributed by atoms with van der Waals surface area (Å²) in [5.74, 6) is 0. The van der Waals surface area contributed by atoms with Gasteiger partial charge in [-0.15, -0.1) is 0 Å². The maximum Gasteiger partial charge on any atom is 0.217 e. The Labute approximate surface area is 143 Å². The first-order chi connectivity index (χ1) is 11.6. The molecule has 0 spiro atoms. The van der Waals surface area contributed by atoms with Crippen molar-refractivity contribution in [3.8, 4) is 0 Å². The van der Waals surface area contributed by atoms with Gasteiger partial charge in [-0.3, -0.25) is 9.88 Å². The molecule has 1 aromatic rings. The lowest BCUT2D eigenvalue weighted by molar-refractivity contribution is -0.0409. The number of likely N-dealkylation sites (tertiary alicyclic amines) is 1. The van der Waals surface area contributed by atoms with E-state index in [1.165, 1.54) is 5.56 Å². The highest BCUT2D eigenvalue weighted by atomic mass is 32.2. The number of rotatable bonds is 4. The van der Waals surface area contributed by atoms with Crippen molar-refractivity contribution >= 4 is 10.0 Å². The highest BCUT2D eigenvalue weighted by molar-refractivity contribution is 7.90. The predicted molar refractivity (Wildman–Crippen MR) is 90.9 cm³/mol. The number of morpholine rings is 1. The SMILES string of the molecule is O=S(=O)(C1CC1)N1CCOC2CCN(Cc3cccnc3)CCC21. The van der Waals surface area contributed by atoms with Gasteiger partial charge in [-0.25, -0.2) is 8.42 Å². The van der Waals surface area contributed by atoms with Crippen molar-refractivity contribution in [3.63, 3.8) is 0 Å². The summed E-state index contributed by atoms with van der Waals surface area (Å²) in [7, 11) is -3.13. The number of hydrogen-bond donors (Lipinski definition) is 0. The van der Waals surface area contributed by atoms with E-state index >= 15 is 0 Å². The van der Waals surface area contributed by atoms with Crippen LogP contribution in [0.1, 0.15) is 31.2 Å². The molecular formula is C17H25N3O3S. The van der Waals surface area contributed by atoms with Crippen LogP contribution in [0, 0.1) is 0 Å². The maximum absolute atomic E-state index is 12.7. The van der Waals surface area contributed by atoms with Crippen LogP contribution in [0.15, 0.2) is 24.5 Å². The van der Waals surface area contributed by atoms with E-state index in [-0.39, 0.29) is 17.4 Å². The Morgan fingerprint density at radius 1 is 1.17 bits per heavy atom. The van der Waals surface area contributed by atoms with Crippen LogP contribution in [0.3, 0.4) is 0 Å². The van der Waals surface area contributed by atoms with E-state index in [2.05, 4.69) is 16.0 Å². The van der Waals surface area contributed by atoms with Gasteiger partial charge in [-0.05, 0) is 37.3 Å². The van der Waals surface area contributed by atoms with E-state index in [1.54, 1.807) is 10.5 Å². The standard InChI is InChI=1S/C17H25N3O3S/c21-24(22,15-3-4-15)20-10-11-23-17-6-9-19(8-5-16(17)20)13-14-2-1-7-18-12-14/h1-2,7,12,15-17H,3-6,8-11,13H2. The van der Waals surface area contributed by atoms with Gasteiger partial charge in [0.05, 0.1) is 24.0 Å². The van der Waals surface area contributed by atoms with E-state index in [9.17, 15) is 8.42 Å². The molecule has 4 rings (SSSR count). The molecule has 2 saturated heterocycles. The average Bonchev–Trinajstić information content (AvgIpc) is 3.43. The molecule has 3 heterocycles. The lowest BCUT2D eigenvalue weighted by atomic mass is 10.0. The van der Waals surface area contributed by atoms with Crippen LogP contribution in [0.25, 0.3) is 0 Å². The van der Waals surface area contributed by atoms with Crippen molar-refractivity contribution < 1.29 is 13.2 Å². The molecule has 0 radical (unpaired) electrons. The first-order valence-corrected chi connectivity index (χ1v) is 10.4. The Morgan fingerprint density at radius 3 is 2.75 bits per heavy atom. The fourth-order valence-electron chi connectivity index (χ4n) is 3.88. The third kappa shape index (κ3) is 3.35. The summed E-state index contributed by atoms with van der Waals surface area (Å²) in [6.07, 6.45) is 7.10. The summed E-state index contributed by atoms with van der Waals surface area (Å²) in [6, 6.07) is 4.05. The number of nitrogens with zero attached hydrogens (tertiary/aromatic N) is 3. The first kappa shape index (κ1) is 16.4. The van der Waals surface area contributed by atoms with Gasteiger partial charge in [0.2, 0.25) is 10.0 Å². The third-order valence-corrected chi connectivity index (χ3v) is 7.74. The van der Waals surface area contributed by atoms with Crippen LogP contribution >= 0.6 is 0 Å². The molecule has 3 fully saturated rings. The topological polar surface area (TPSA) is 62.7 Å². The molecule has 1 aliphatic carbocycles. The van der Waals surface area contributed by atoms with Gasteiger partial charge in [-0.2, -0.15) is 4.31 Å². The Balaban J connectivity index is 1.46. The second-order valence-corrected chi connectivity index (χ2v) is 9.21. The Morgan fingerprint density at radius 2 is 2.00 bits per heavy atom. The fourth-order valence-corrected chi connectivity index (χ4v) is 5.94. The molecule has 7 heteroatoms. The average molecular weight is 351 g/mol. The predicted octanol–water partition coefficient (Wildman–Crippen LogP) is 1.24. The quantitative estimate of drug-likeness (QED) is 0.817. The zero-order valence-electron chi connectivity index (χ0n) is 13.9. The van der Waals surface area contributed by atoms with E-state index in [0.29, 0.717) is 13.2 Å². The zero-order chi connectivity index (χ0) is 16.6. The summed E-state index contributed by atoms with van der Waals surface area (Å²) in [5.41, 5.74) is 1.20. The van der Waals surface area contributed by atoms with E-state index < -0.39 is 10.0 Å². The monoisotopic (exact) mass is 351 g/mol. The van der Waals surface area contributed by atoms with Crippen LogP contribution in [-0.4, -0.2) is 66.2 Å². The van der Waals surface area contributed by atoms with Gasteiger partial charge in [0.1, 0.15) is 0 Å². The summed E-state index contributed by atoms with van der Waals surface area (Å²) in [5, 5.41) is -0.133. The summed E-state index contributed by atoms with van der Waals surface area (Å²) >= 11 is 0. The molecule has 0 N–H and O–H groups in total. The van der Waals surface area contributed by atoms with E-state index in [1.807, 2.05) is 12.3 Å². The number of sulfonamides is 1. The Bertz CT molecular complexity index is 663. The van der Waals surface area contributed by atoms with Crippen LogP contribution < -0.4 is 0 Å². The normalized spacial score (nSPS) is 29.8. The largest absolute Gasteiger partial charge is 0.375 e. The maximum atomic E-state index is 12.7. The van der Waals surface area contributed by atoms with Crippen molar-refractivity contribution in [2.45, 2.75) is 49.6 Å². The molecule has 0 bridgehead atoms. The minimum atomic E-state index is -3.13. The van der Waals surface area contributed by atoms with Crippen LogP contribution in [0.2, 0.25) is 0 Å². The minimum absolute atomic E-state index is 0.00301. The molecule has 2 atom stereocenters. The van der Waals surface area contributed by atoms with Gasteiger partial charge >= 0.3 is 0 Å². The van der Waals surface area contributed by atoms with Gasteiger partial charge in [0.25, 0.3) is 0 Å². The van der Waals surface area contributed by atoms with E-state index in [0.717, 1.165) is 45.3 Å². The number of aromatic nitrogens is 1. The first-order valence-electron chi connectivity index (χ1n) is 8.88. The number of fused-ring (bicyclic) bond motifs is 1. The van der Waals surface area contributed by atoms with E-state index in [4.69, 9.17) is 4.74 Å². The van der Waals surface area contributed by atoms with Crippen molar-refractivity contribution in [2.24, 2.45) is 0 Å². The molecule has 6 nitrogen and oxygen atoms in total. The van der Waals surface area contributed by atoms with Gasteiger partial charge in [0, 0.05) is 38.6 Å². The minimum Gasteiger partial charge on any atom is -0.375 e. The van der Waals surface area contributed by atoms with Gasteiger partial charge in [-0.1, -0.05) is 6.07 Å². The second-order valence-electron chi connectivity index (χ2n) is 7.05. The van der Waals surface area contributed by atoms with Gasteiger partial charge < -0.3 is 4.74 Å². The Kier molecular flexibility index (Phi) is 4.60. The molecule has 2 unspecified atom stereocenters. The van der Waals surface area contributed by atoms with Crippen molar-refractivity contribution in [1.82, 2.24) is 14.2 Å². The smallest absolute Gasteiger partial charge is 0.217 e. The highest BCUT2D eigenvalue weighted by Crippen LogP contribution is 2.35. The third-order valence-electron chi connectivity index (χ3n) is 5.32. The molecule has 1 aromatic heterocycles. The van der Waals surface area contributed by atoms with Crippen molar-refractivity contribution in [1.29, 1.82) is 0 Å². The lowest BCUT2D eigenvalue weighted by Gasteiger charge is -2.39. The molecule has 1 saturated carbocycles. The van der Waals surface area contributed by atoms with Crippen molar-refractivity contribution in [3.05, 3.63) is 30.1 Å². The molecule has 0 aromatic carbocycles. The van der Waals surface area contributed by atoms with Crippen LogP contribution in [-0.2, 0) is 21.3 Å². The second kappa shape index (κ2) is 6.71. The molecule has 2 aliphatic heterocycles. The number of hydrogen-bond acceptors (Lipinski definition) is 5. The molecule has 0 amide bonds. The van der Waals surface area contributed by atoms with Crippen LogP contribution in [0.4, 0.5) is 0 Å². The zero-order valence-corrected chi connectivity index (χ0v) is 14.7. The number of pyridine rings is 1. The summed E-state index contributed by atoms with van der Waals surface area (Å²) in [6.45, 7) is 3.74. The molecular weight excluding hydrogens is 326 g/mol. The lowest BCUT2D eigenvalue weighted by Crippen LogP contribution is -2.54.